The Morgan fingerprint density at radius 1 is 1.27 bits per heavy atom. The van der Waals surface area contributed by atoms with Crippen molar-refractivity contribution in [1.29, 1.82) is 0 Å². The molecule has 138 valence electrons. The second kappa shape index (κ2) is 7.25. The van der Waals surface area contributed by atoms with Crippen LogP contribution in [0.25, 0.3) is 0 Å². The smallest absolute Gasteiger partial charge is 0.230 e. The molecule has 0 bridgehead atoms. The zero-order chi connectivity index (χ0) is 18.0. The number of hydrogen-bond donors (Lipinski definition) is 0. The molecule has 0 N–H and O–H groups in total. The van der Waals surface area contributed by atoms with Gasteiger partial charge in [0.15, 0.2) is 0 Å². The molecule has 1 aromatic heterocycles. The van der Waals surface area contributed by atoms with Gasteiger partial charge in [-0.3, -0.25) is 9.69 Å². The highest BCUT2D eigenvalue weighted by molar-refractivity contribution is 5.87. The highest BCUT2D eigenvalue weighted by Crippen LogP contribution is 2.50. The Hall–Kier alpha value is -2.11. The maximum Gasteiger partial charge on any atom is 0.230 e. The Morgan fingerprint density at radius 3 is 2.85 bits per heavy atom. The van der Waals surface area contributed by atoms with Crippen molar-refractivity contribution in [2.75, 3.05) is 39.9 Å². The van der Waals surface area contributed by atoms with E-state index in [9.17, 15) is 4.79 Å². The lowest BCUT2D eigenvalue weighted by Crippen LogP contribution is -2.40. The molecule has 26 heavy (non-hydrogen) atoms. The lowest BCUT2D eigenvalue weighted by atomic mass is 9.73. The maximum absolute atomic E-state index is 13.4. The van der Waals surface area contributed by atoms with Crippen molar-refractivity contribution >= 4 is 5.91 Å². The Kier molecular flexibility index (Phi) is 4.83. The fourth-order valence-electron chi connectivity index (χ4n) is 4.62. The molecular formula is C21H26N2O3. The molecule has 5 heteroatoms. The molecule has 2 atom stereocenters. The van der Waals surface area contributed by atoms with Crippen LogP contribution < -0.4 is 0 Å². The summed E-state index contributed by atoms with van der Waals surface area (Å²) in [5.74, 6) is 0.522. The molecule has 2 saturated heterocycles. The van der Waals surface area contributed by atoms with E-state index in [0.29, 0.717) is 13.2 Å². The Morgan fingerprint density at radius 2 is 2.12 bits per heavy atom. The van der Waals surface area contributed by atoms with Gasteiger partial charge in [-0.1, -0.05) is 30.3 Å². The molecule has 2 aromatic rings. The lowest BCUT2D eigenvalue weighted by Gasteiger charge is -2.29. The molecule has 0 aliphatic carbocycles. The van der Waals surface area contributed by atoms with Gasteiger partial charge in [-0.2, -0.15) is 0 Å². The fourth-order valence-corrected chi connectivity index (χ4v) is 4.62. The largest absolute Gasteiger partial charge is 0.472 e. The van der Waals surface area contributed by atoms with Crippen molar-refractivity contribution in [2.45, 2.75) is 18.9 Å². The van der Waals surface area contributed by atoms with Crippen molar-refractivity contribution in [2.24, 2.45) is 5.41 Å². The van der Waals surface area contributed by atoms with Crippen LogP contribution >= 0.6 is 0 Å². The highest BCUT2D eigenvalue weighted by Gasteiger charge is 2.56. The lowest BCUT2D eigenvalue weighted by molar-refractivity contribution is -0.136. The van der Waals surface area contributed by atoms with Crippen LogP contribution in [0.5, 0.6) is 0 Å². The minimum atomic E-state index is -0.321. The number of nitrogens with zero attached hydrogens (tertiary/aromatic N) is 2. The van der Waals surface area contributed by atoms with Gasteiger partial charge >= 0.3 is 0 Å². The molecule has 0 unspecified atom stereocenters. The van der Waals surface area contributed by atoms with Crippen molar-refractivity contribution in [1.82, 2.24) is 9.80 Å². The molecule has 5 nitrogen and oxygen atoms in total. The number of furan rings is 1. The summed E-state index contributed by atoms with van der Waals surface area (Å²) in [4.78, 5) is 17.8. The van der Waals surface area contributed by atoms with Gasteiger partial charge in [0, 0.05) is 51.3 Å². The molecule has 1 spiro atoms. The first-order valence-corrected chi connectivity index (χ1v) is 9.29. The molecule has 2 aliphatic rings. The van der Waals surface area contributed by atoms with Gasteiger partial charge in [-0.25, -0.2) is 0 Å². The first-order valence-electron chi connectivity index (χ1n) is 9.29. The first-order chi connectivity index (χ1) is 12.7. The molecule has 2 aliphatic heterocycles. The third kappa shape index (κ3) is 3.06. The predicted octanol–water partition coefficient (Wildman–Crippen LogP) is 2.74. The van der Waals surface area contributed by atoms with Gasteiger partial charge in [0.2, 0.25) is 5.91 Å². The highest BCUT2D eigenvalue weighted by atomic mass is 16.5. The Bertz CT molecular complexity index is 731. The van der Waals surface area contributed by atoms with Gasteiger partial charge in [-0.15, -0.1) is 0 Å². The number of benzene rings is 1. The van der Waals surface area contributed by atoms with Crippen LogP contribution in [0.2, 0.25) is 0 Å². The van der Waals surface area contributed by atoms with Gasteiger partial charge in [-0.05, 0) is 18.1 Å². The number of carbonyl (C=O) groups is 1. The second-order valence-electron chi connectivity index (χ2n) is 7.46. The van der Waals surface area contributed by atoms with Gasteiger partial charge < -0.3 is 14.1 Å². The van der Waals surface area contributed by atoms with Crippen molar-refractivity contribution in [3.05, 3.63) is 60.1 Å². The van der Waals surface area contributed by atoms with E-state index in [1.807, 2.05) is 17.0 Å². The minimum absolute atomic E-state index is 0.232. The normalized spacial score (nSPS) is 26.3. The number of carbonyl (C=O) groups excluding carboxylic acids is 1. The average molecular weight is 354 g/mol. The van der Waals surface area contributed by atoms with E-state index in [-0.39, 0.29) is 17.2 Å². The molecule has 0 saturated carbocycles. The summed E-state index contributed by atoms with van der Waals surface area (Å²) in [7, 11) is 1.69. The topological polar surface area (TPSA) is 45.9 Å². The average Bonchev–Trinajstić information content (AvgIpc) is 3.37. The standard InChI is InChI=1S/C21H26N2O3/c1-25-12-10-23-9-8-21(20(23)24)16-22(13-17-7-11-26-15-17)14-19(21)18-5-3-2-4-6-18/h2-7,11,15,19H,8-10,12-14,16H2,1H3/t19-,21+/m0/s1. The summed E-state index contributed by atoms with van der Waals surface area (Å²) in [6.45, 7) is 4.63. The summed E-state index contributed by atoms with van der Waals surface area (Å²) in [5.41, 5.74) is 2.11. The maximum atomic E-state index is 13.4. The zero-order valence-electron chi connectivity index (χ0n) is 15.3. The number of hydrogen-bond acceptors (Lipinski definition) is 4. The van der Waals surface area contributed by atoms with Gasteiger partial charge in [0.25, 0.3) is 0 Å². The quantitative estimate of drug-likeness (QED) is 0.800. The predicted molar refractivity (Wildman–Crippen MR) is 98.7 cm³/mol. The molecule has 2 fully saturated rings. The van der Waals surface area contributed by atoms with Crippen molar-refractivity contribution in [3.8, 4) is 0 Å². The molecular weight excluding hydrogens is 328 g/mol. The van der Waals surface area contributed by atoms with E-state index in [2.05, 4.69) is 29.2 Å². The van der Waals surface area contributed by atoms with Crippen molar-refractivity contribution in [3.63, 3.8) is 0 Å². The van der Waals surface area contributed by atoms with E-state index < -0.39 is 0 Å². The van der Waals surface area contributed by atoms with E-state index in [1.54, 1.807) is 19.6 Å². The van der Waals surface area contributed by atoms with Crippen LogP contribution in [-0.2, 0) is 16.1 Å². The number of rotatable bonds is 6. The van der Waals surface area contributed by atoms with Crippen LogP contribution in [0.4, 0.5) is 0 Å². The van der Waals surface area contributed by atoms with E-state index in [1.165, 1.54) is 5.56 Å². The van der Waals surface area contributed by atoms with Crippen LogP contribution in [0.1, 0.15) is 23.5 Å². The van der Waals surface area contributed by atoms with Crippen LogP contribution in [0.15, 0.2) is 53.3 Å². The summed E-state index contributed by atoms with van der Waals surface area (Å²) in [6.07, 6.45) is 4.42. The van der Waals surface area contributed by atoms with Crippen molar-refractivity contribution < 1.29 is 13.9 Å². The number of likely N-dealkylation sites (tertiary alicyclic amines) is 2. The SMILES string of the molecule is COCCN1CC[C@]2(CN(Cc3ccoc3)C[C@H]2c2ccccc2)C1=O. The molecule has 4 rings (SSSR count). The third-order valence-electron chi connectivity index (χ3n) is 5.91. The Labute approximate surface area is 154 Å². The molecule has 0 radical (unpaired) electrons. The summed E-state index contributed by atoms with van der Waals surface area (Å²) in [5, 5.41) is 0. The molecule has 1 amide bonds. The van der Waals surface area contributed by atoms with Gasteiger partial charge in [0.1, 0.15) is 0 Å². The molecule has 3 heterocycles. The van der Waals surface area contributed by atoms with E-state index in [4.69, 9.17) is 9.15 Å². The second-order valence-corrected chi connectivity index (χ2v) is 7.46. The summed E-state index contributed by atoms with van der Waals surface area (Å²) in [6, 6.07) is 12.5. The number of amides is 1. The van der Waals surface area contributed by atoms with Crippen LogP contribution in [0, 0.1) is 5.41 Å². The van der Waals surface area contributed by atoms with Gasteiger partial charge in [0.05, 0.1) is 24.5 Å². The number of ether oxygens (including phenoxy) is 1. The Balaban J connectivity index is 1.60. The van der Waals surface area contributed by atoms with E-state index in [0.717, 1.165) is 38.2 Å². The third-order valence-corrected chi connectivity index (χ3v) is 5.91. The summed E-state index contributed by atoms with van der Waals surface area (Å²) >= 11 is 0. The fraction of sp³-hybridized carbons (Fsp3) is 0.476. The van der Waals surface area contributed by atoms with Crippen LogP contribution in [0.3, 0.4) is 0 Å². The molecule has 1 aromatic carbocycles. The first kappa shape index (κ1) is 17.3. The van der Waals surface area contributed by atoms with E-state index >= 15 is 0 Å². The minimum Gasteiger partial charge on any atom is -0.472 e. The monoisotopic (exact) mass is 354 g/mol. The number of methoxy groups -OCH3 is 1. The summed E-state index contributed by atoms with van der Waals surface area (Å²) < 4.78 is 10.4. The zero-order valence-corrected chi connectivity index (χ0v) is 15.3. The van der Waals surface area contributed by atoms with Crippen LogP contribution in [-0.4, -0.2) is 55.6 Å².